The van der Waals surface area contributed by atoms with E-state index in [2.05, 4.69) is 10.3 Å². The number of carbonyl (C=O) groups is 1. The maximum absolute atomic E-state index is 12.2. The largest absolute Gasteiger partial charge is 0.399 e. The number of nitrogens with one attached hydrogen (secondary N) is 1. The average molecular weight is 308 g/mol. The van der Waals surface area contributed by atoms with Gasteiger partial charge in [0.2, 0.25) is 0 Å². The van der Waals surface area contributed by atoms with Crippen molar-refractivity contribution >= 4 is 39.7 Å². The van der Waals surface area contributed by atoms with Crippen LogP contribution in [0.4, 0.5) is 10.8 Å². The minimum Gasteiger partial charge on any atom is -0.399 e. The van der Waals surface area contributed by atoms with Crippen LogP contribution in [0, 0.1) is 0 Å². The second-order valence-electron chi connectivity index (χ2n) is 4.79. The minimum atomic E-state index is -0.249. The van der Waals surface area contributed by atoms with Crippen molar-refractivity contribution in [2.75, 3.05) is 11.1 Å². The molecule has 0 aliphatic heterocycles. The zero-order valence-corrected chi connectivity index (χ0v) is 12.4. The number of carbonyl (C=O) groups excluding carboxylic acids is 1. The zero-order valence-electron chi connectivity index (χ0n) is 10.8. The van der Waals surface area contributed by atoms with E-state index in [-0.39, 0.29) is 5.91 Å². The molecule has 0 atom stereocenters. The second-order valence-corrected chi connectivity index (χ2v) is 6.28. The van der Waals surface area contributed by atoms with Gasteiger partial charge in [-0.2, -0.15) is 0 Å². The van der Waals surface area contributed by atoms with Crippen LogP contribution < -0.4 is 11.1 Å². The fraction of sp³-hybridized carbons (Fsp3) is 0.286. The Morgan fingerprint density at radius 1 is 1.35 bits per heavy atom. The molecule has 0 saturated carbocycles. The Morgan fingerprint density at radius 2 is 2.15 bits per heavy atom. The number of nitrogens with two attached hydrogens (primary N) is 1. The molecule has 1 aromatic carbocycles. The predicted octanol–water partition coefficient (Wildman–Crippen LogP) is 3.51. The van der Waals surface area contributed by atoms with Crippen LogP contribution in [-0.4, -0.2) is 10.9 Å². The lowest BCUT2D eigenvalue weighted by Gasteiger charge is -2.06. The Labute approximate surface area is 126 Å². The molecule has 6 heteroatoms. The third-order valence-electron chi connectivity index (χ3n) is 3.30. The highest BCUT2D eigenvalue weighted by atomic mass is 35.5. The molecule has 1 heterocycles. The maximum atomic E-state index is 12.2. The summed E-state index contributed by atoms with van der Waals surface area (Å²) in [6.07, 6.45) is 4.44. The lowest BCUT2D eigenvalue weighted by Crippen LogP contribution is -2.12. The molecule has 0 unspecified atom stereocenters. The van der Waals surface area contributed by atoms with E-state index in [1.807, 2.05) is 0 Å². The third kappa shape index (κ3) is 2.64. The molecule has 2 aromatic rings. The Hall–Kier alpha value is -1.59. The van der Waals surface area contributed by atoms with Crippen molar-refractivity contribution in [3.8, 4) is 0 Å². The second kappa shape index (κ2) is 5.42. The first kappa shape index (κ1) is 13.4. The number of amides is 1. The topological polar surface area (TPSA) is 68.0 Å². The maximum Gasteiger partial charge on any atom is 0.258 e. The third-order valence-corrected chi connectivity index (χ3v) is 4.69. The molecule has 20 heavy (non-hydrogen) atoms. The van der Waals surface area contributed by atoms with E-state index in [9.17, 15) is 4.79 Å². The molecule has 1 aliphatic carbocycles. The van der Waals surface area contributed by atoms with Crippen LogP contribution in [0.2, 0.25) is 5.02 Å². The van der Waals surface area contributed by atoms with Crippen LogP contribution in [-0.2, 0) is 12.8 Å². The van der Waals surface area contributed by atoms with Gasteiger partial charge in [0.25, 0.3) is 5.91 Å². The first-order valence-corrected chi connectivity index (χ1v) is 7.68. The van der Waals surface area contributed by atoms with E-state index >= 15 is 0 Å². The van der Waals surface area contributed by atoms with Gasteiger partial charge < -0.3 is 5.73 Å². The van der Waals surface area contributed by atoms with Crippen LogP contribution in [0.15, 0.2) is 18.2 Å². The van der Waals surface area contributed by atoms with Crippen molar-refractivity contribution in [2.45, 2.75) is 25.7 Å². The smallest absolute Gasteiger partial charge is 0.258 e. The van der Waals surface area contributed by atoms with Gasteiger partial charge in [0.05, 0.1) is 16.3 Å². The minimum absolute atomic E-state index is 0.249. The number of fused-ring (bicyclic) bond motifs is 1. The number of halogens is 1. The van der Waals surface area contributed by atoms with Crippen molar-refractivity contribution in [2.24, 2.45) is 0 Å². The van der Waals surface area contributed by atoms with Crippen molar-refractivity contribution in [1.82, 2.24) is 4.98 Å². The molecule has 0 bridgehead atoms. The Kier molecular flexibility index (Phi) is 3.63. The fourth-order valence-electron chi connectivity index (χ4n) is 2.29. The van der Waals surface area contributed by atoms with Gasteiger partial charge in [0.1, 0.15) is 0 Å². The van der Waals surface area contributed by atoms with E-state index in [4.69, 9.17) is 17.3 Å². The number of aromatic nitrogens is 1. The van der Waals surface area contributed by atoms with Crippen molar-refractivity contribution in [1.29, 1.82) is 0 Å². The molecule has 0 saturated heterocycles. The zero-order chi connectivity index (χ0) is 14.1. The van der Waals surface area contributed by atoms with Crippen LogP contribution in [0.5, 0.6) is 0 Å². The molecule has 0 spiro atoms. The molecule has 1 aromatic heterocycles. The van der Waals surface area contributed by atoms with Gasteiger partial charge in [-0.3, -0.25) is 10.1 Å². The summed E-state index contributed by atoms with van der Waals surface area (Å²) in [6.45, 7) is 0. The van der Waals surface area contributed by atoms with Crippen LogP contribution in [0.1, 0.15) is 33.8 Å². The van der Waals surface area contributed by atoms with Crippen LogP contribution >= 0.6 is 22.9 Å². The summed E-state index contributed by atoms with van der Waals surface area (Å²) in [6, 6.07) is 4.86. The van der Waals surface area contributed by atoms with Crippen molar-refractivity contribution in [3.05, 3.63) is 39.4 Å². The summed E-state index contributed by atoms with van der Waals surface area (Å²) < 4.78 is 0. The van der Waals surface area contributed by atoms with E-state index < -0.39 is 0 Å². The number of rotatable bonds is 2. The standard InChI is InChI=1S/C14H14ClN3OS/c15-10-7-8(16)5-6-9(10)13(19)18-14-17-11-3-1-2-4-12(11)20-14/h5-7H,1-4,16H2,(H,17,18,19). The molecule has 3 rings (SSSR count). The van der Waals surface area contributed by atoms with Crippen LogP contribution in [0.3, 0.4) is 0 Å². The van der Waals surface area contributed by atoms with E-state index in [0.717, 1.165) is 18.5 Å². The van der Waals surface area contributed by atoms with Crippen molar-refractivity contribution < 1.29 is 4.79 Å². The molecular formula is C14H14ClN3OS. The number of nitrogens with zero attached hydrogens (tertiary/aromatic N) is 1. The first-order chi connectivity index (χ1) is 9.63. The molecule has 0 fully saturated rings. The lowest BCUT2D eigenvalue weighted by atomic mass is 10.0. The van der Waals surface area contributed by atoms with Gasteiger partial charge >= 0.3 is 0 Å². The summed E-state index contributed by atoms with van der Waals surface area (Å²) in [5.74, 6) is -0.249. The van der Waals surface area contributed by atoms with E-state index in [1.165, 1.54) is 17.7 Å². The highest BCUT2D eigenvalue weighted by Crippen LogP contribution is 2.30. The van der Waals surface area contributed by atoms with E-state index in [0.29, 0.717) is 21.4 Å². The van der Waals surface area contributed by atoms with Gasteiger partial charge in [0, 0.05) is 10.6 Å². The van der Waals surface area contributed by atoms with Gasteiger partial charge in [-0.05, 0) is 43.9 Å². The summed E-state index contributed by atoms with van der Waals surface area (Å²) in [4.78, 5) is 18.0. The lowest BCUT2D eigenvalue weighted by molar-refractivity contribution is 0.102. The quantitative estimate of drug-likeness (QED) is 0.834. The highest BCUT2D eigenvalue weighted by molar-refractivity contribution is 7.15. The number of hydrogen-bond donors (Lipinski definition) is 2. The number of hydrogen-bond acceptors (Lipinski definition) is 4. The molecule has 4 nitrogen and oxygen atoms in total. The number of benzene rings is 1. The SMILES string of the molecule is Nc1ccc(C(=O)Nc2nc3c(s2)CCCC3)c(Cl)c1. The molecule has 0 radical (unpaired) electrons. The normalized spacial score (nSPS) is 13.8. The first-order valence-electron chi connectivity index (χ1n) is 6.48. The molecule has 1 aliphatic rings. The molecular weight excluding hydrogens is 294 g/mol. The van der Waals surface area contributed by atoms with E-state index in [1.54, 1.807) is 29.5 Å². The Bertz CT molecular complexity index is 645. The van der Waals surface area contributed by atoms with Gasteiger partial charge in [-0.15, -0.1) is 11.3 Å². The number of anilines is 2. The van der Waals surface area contributed by atoms with Crippen molar-refractivity contribution in [3.63, 3.8) is 0 Å². The monoisotopic (exact) mass is 307 g/mol. The molecule has 3 N–H and O–H groups in total. The summed E-state index contributed by atoms with van der Waals surface area (Å²) in [5, 5.41) is 3.82. The Balaban J connectivity index is 1.80. The van der Waals surface area contributed by atoms with Crippen LogP contribution in [0.25, 0.3) is 0 Å². The summed E-state index contributed by atoms with van der Waals surface area (Å²) in [7, 11) is 0. The molecule has 1 amide bonds. The van der Waals surface area contributed by atoms with Gasteiger partial charge in [-0.25, -0.2) is 4.98 Å². The molecule has 104 valence electrons. The number of nitrogen functional groups attached to an aromatic ring is 1. The average Bonchev–Trinajstić information content (AvgIpc) is 2.80. The number of aryl methyl sites for hydroxylation is 2. The highest BCUT2D eigenvalue weighted by Gasteiger charge is 2.17. The fourth-order valence-corrected chi connectivity index (χ4v) is 3.61. The summed E-state index contributed by atoms with van der Waals surface area (Å²) >= 11 is 7.59. The predicted molar refractivity (Wildman–Crippen MR) is 82.6 cm³/mol. The Morgan fingerprint density at radius 3 is 2.90 bits per heavy atom. The summed E-state index contributed by atoms with van der Waals surface area (Å²) in [5.41, 5.74) is 7.69. The van der Waals surface area contributed by atoms with Gasteiger partial charge in [0.15, 0.2) is 5.13 Å². The number of thiazole rings is 1. The van der Waals surface area contributed by atoms with Gasteiger partial charge in [-0.1, -0.05) is 11.6 Å².